The van der Waals surface area contributed by atoms with Crippen LogP contribution in [0, 0.1) is 0 Å². The molecule has 2 aromatic carbocycles. The number of rotatable bonds is 7. The monoisotopic (exact) mass is 397 g/mol. The molecule has 1 aliphatic heterocycles. The summed E-state index contributed by atoms with van der Waals surface area (Å²) in [6.07, 6.45) is 0. The molecule has 1 atom stereocenters. The molecule has 1 aliphatic rings. The summed E-state index contributed by atoms with van der Waals surface area (Å²) in [7, 11) is 4.55. The van der Waals surface area contributed by atoms with Crippen LogP contribution >= 0.6 is 0 Å². The number of carbonyl (C=O) groups is 2. The summed E-state index contributed by atoms with van der Waals surface area (Å²) in [5, 5.41) is 10.9. The van der Waals surface area contributed by atoms with Crippen LogP contribution in [0.3, 0.4) is 0 Å². The summed E-state index contributed by atoms with van der Waals surface area (Å²) >= 11 is 0. The molecule has 7 nitrogen and oxygen atoms in total. The number of hydrogen-bond acceptors (Lipinski definition) is 6. The second-order valence-corrected chi connectivity index (χ2v) is 6.47. The Morgan fingerprint density at radius 2 is 1.69 bits per heavy atom. The highest BCUT2D eigenvalue weighted by molar-refractivity contribution is 6.46. The number of carbonyl (C=O) groups excluding carboxylic acids is 2. The Hall–Kier alpha value is -3.32. The number of benzene rings is 2. The highest BCUT2D eigenvalue weighted by atomic mass is 16.5. The topological polar surface area (TPSA) is 85.3 Å². The number of likely N-dealkylation sites (tertiary alicyclic amines) is 1. The summed E-state index contributed by atoms with van der Waals surface area (Å²) in [5.74, 6) is -0.652. The molecule has 0 saturated carbocycles. The normalized spacial score (nSPS) is 18.2. The predicted octanol–water partition coefficient (Wildman–Crippen LogP) is 2.77. The molecule has 1 amide bonds. The third-order valence-corrected chi connectivity index (χ3v) is 4.85. The zero-order chi connectivity index (χ0) is 21.0. The molecule has 0 aromatic heterocycles. The zero-order valence-corrected chi connectivity index (χ0v) is 16.5. The molecule has 0 spiro atoms. The summed E-state index contributed by atoms with van der Waals surface area (Å²) < 4.78 is 15.8. The number of nitrogens with zero attached hydrogens (tertiary/aromatic N) is 1. The van der Waals surface area contributed by atoms with Crippen LogP contribution in [0.4, 0.5) is 0 Å². The van der Waals surface area contributed by atoms with Crippen molar-refractivity contribution in [1.82, 2.24) is 4.90 Å². The number of Topliss-reactive ketones (excluding diaryl/α,β-unsaturated/α-hetero) is 1. The summed E-state index contributed by atoms with van der Waals surface area (Å²) in [6.45, 7) is 0.452. The maximum atomic E-state index is 12.8. The van der Waals surface area contributed by atoms with Gasteiger partial charge in [-0.3, -0.25) is 9.59 Å². The highest BCUT2D eigenvalue weighted by Gasteiger charge is 2.46. The van der Waals surface area contributed by atoms with Crippen molar-refractivity contribution in [2.45, 2.75) is 6.04 Å². The van der Waals surface area contributed by atoms with E-state index < -0.39 is 17.7 Å². The first-order valence-electron chi connectivity index (χ1n) is 9.08. The molecule has 0 aliphatic carbocycles. The van der Waals surface area contributed by atoms with Gasteiger partial charge in [-0.15, -0.1) is 0 Å². The number of aliphatic hydroxyl groups is 1. The van der Waals surface area contributed by atoms with Gasteiger partial charge in [0, 0.05) is 19.2 Å². The van der Waals surface area contributed by atoms with E-state index >= 15 is 0 Å². The molecule has 1 N–H and O–H groups in total. The van der Waals surface area contributed by atoms with E-state index in [0.717, 1.165) is 0 Å². The first-order chi connectivity index (χ1) is 14.0. The minimum Gasteiger partial charge on any atom is -0.507 e. The number of ether oxygens (including phenoxy) is 3. The highest BCUT2D eigenvalue weighted by Crippen LogP contribution is 2.41. The van der Waals surface area contributed by atoms with Crippen LogP contribution in [0.2, 0.25) is 0 Å². The number of methoxy groups -OCH3 is 3. The molecular weight excluding hydrogens is 374 g/mol. The van der Waals surface area contributed by atoms with Crippen LogP contribution in [0.1, 0.15) is 17.2 Å². The quantitative estimate of drug-likeness (QED) is 0.439. The van der Waals surface area contributed by atoms with E-state index in [0.29, 0.717) is 22.6 Å². The molecule has 0 radical (unpaired) electrons. The average Bonchev–Trinajstić information content (AvgIpc) is 3.01. The van der Waals surface area contributed by atoms with E-state index in [-0.39, 0.29) is 24.5 Å². The predicted molar refractivity (Wildman–Crippen MR) is 107 cm³/mol. The molecule has 7 heteroatoms. The number of hydrogen-bond donors (Lipinski definition) is 1. The minimum absolute atomic E-state index is 0.0320. The average molecular weight is 397 g/mol. The second-order valence-electron chi connectivity index (χ2n) is 6.47. The summed E-state index contributed by atoms with van der Waals surface area (Å²) in [6, 6.07) is 13.1. The Morgan fingerprint density at radius 3 is 2.31 bits per heavy atom. The Morgan fingerprint density at radius 1 is 1.00 bits per heavy atom. The molecule has 1 saturated heterocycles. The van der Waals surface area contributed by atoms with Gasteiger partial charge >= 0.3 is 0 Å². The van der Waals surface area contributed by atoms with Crippen molar-refractivity contribution >= 4 is 17.4 Å². The second kappa shape index (κ2) is 8.79. The largest absolute Gasteiger partial charge is 0.507 e. The van der Waals surface area contributed by atoms with E-state index in [1.165, 1.54) is 26.2 Å². The molecular formula is C22H23NO6. The Labute approximate surface area is 169 Å². The maximum Gasteiger partial charge on any atom is 0.295 e. The van der Waals surface area contributed by atoms with Crippen molar-refractivity contribution in [3.8, 4) is 11.5 Å². The maximum absolute atomic E-state index is 12.8. The van der Waals surface area contributed by atoms with Gasteiger partial charge in [-0.1, -0.05) is 36.4 Å². The van der Waals surface area contributed by atoms with Gasteiger partial charge in [0.2, 0.25) is 0 Å². The lowest BCUT2D eigenvalue weighted by molar-refractivity contribution is -0.140. The Balaban J connectivity index is 2.18. The first-order valence-corrected chi connectivity index (χ1v) is 9.08. The molecule has 1 fully saturated rings. The molecule has 0 bridgehead atoms. The molecule has 3 rings (SSSR count). The Bertz CT molecular complexity index is 938. The van der Waals surface area contributed by atoms with Gasteiger partial charge in [0.15, 0.2) is 11.5 Å². The van der Waals surface area contributed by atoms with Crippen molar-refractivity contribution in [3.05, 3.63) is 65.2 Å². The fourth-order valence-corrected chi connectivity index (χ4v) is 3.42. The number of aliphatic hydroxyl groups excluding tert-OH is 1. The van der Waals surface area contributed by atoms with Crippen LogP contribution in [-0.4, -0.2) is 56.2 Å². The smallest absolute Gasteiger partial charge is 0.295 e. The van der Waals surface area contributed by atoms with Crippen molar-refractivity contribution in [3.63, 3.8) is 0 Å². The van der Waals surface area contributed by atoms with Gasteiger partial charge < -0.3 is 24.2 Å². The third-order valence-electron chi connectivity index (χ3n) is 4.85. The van der Waals surface area contributed by atoms with Crippen molar-refractivity contribution in [2.75, 3.05) is 34.5 Å². The number of amides is 1. The lowest BCUT2D eigenvalue weighted by atomic mass is 9.95. The van der Waals surface area contributed by atoms with E-state index in [2.05, 4.69) is 0 Å². The molecule has 152 valence electrons. The number of ketones is 1. The van der Waals surface area contributed by atoms with Gasteiger partial charge in [-0.05, 0) is 17.7 Å². The van der Waals surface area contributed by atoms with Gasteiger partial charge in [0.1, 0.15) is 5.76 Å². The van der Waals surface area contributed by atoms with Gasteiger partial charge in [0.05, 0.1) is 32.4 Å². The molecule has 2 aromatic rings. The SMILES string of the molecule is COCCN1C(=O)C(=O)/C(=C(/O)c2ccccc2)[C@@H]1c1ccc(OC)c(OC)c1. The van der Waals surface area contributed by atoms with Crippen LogP contribution in [0.5, 0.6) is 11.5 Å². The summed E-state index contributed by atoms with van der Waals surface area (Å²) in [4.78, 5) is 27.0. The van der Waals surface area contributed by atoms with Crippen LogP contribution in [0.15, 0.2) is 54.1 Å². The minimum atomic E-state index is -0.773. The standard InChI is InChI=1S/C22H23NO6/c1-27-12-11-23-19(15-9-10-16(28-2)17(13-15)29-3)18(21(25)22(23)26)20(24)14-7-5-4-6-8-14/h4-10,13,19,24H,11-12H2,1-3H3/b20-18+/t19-/m0/s1. The first kappa shape index (κ1) is 20.4. The van der Waals surface area contributed by atoms with Crippen LogP contribution in [0.25, 0.3) is 5.76 Å². The van der Waals surface area contributed by atoms with E-state index in [9.17, 15) is 14.7 Å². The van der Waals surface area contributed by atoms with Crippen LogP contribution < -0.4 is 9.47 Å². The lowest BCUT2D eigenvalue weighted by Gasteiger charge is -2.25. The molecule has 0 unspecified atom stereocenters. The lowest BCUT2D eigenvalue weighted by Crippen LogP contribution is -2.32. The van der Waals surface area contributed by atoms with E-state index in [1.807, 2.05) is 0 Å². The van der Waals surface area contributed by atoms with Crippen molar-refractivity contribution in [2.24, 2.45) is 0 Å². The van der Waals surface area contributed by atoms with Crippen molar-refractivity contribution < 1.29 is 28.9 Å². The molecule has 1 heterocycles. The van der Waals surface area contributed by atoms with Gasteiger partial charge in [0.25, 0.3) is 11.7 Å². The van der Waals surface area contributed by atoms with Crippen molar-refractivity contribution in [1.29, 1.82) is 0 Å². The van der Waals surface area contributed by atoms with Crippen LogP contribution in [-0.2, 0) is 14.3 Å². The summed E-state index contributed by atoms with van der Waals surface area (Å²) in [5.41, 5.74) is 1.11. The zero-order valence-electron chi connectivity index (χ0n) is 16.5. The molecule has 29 heavy (non-hydrogen) atoms. The van der Waals surface area contributed by atoms with Gasteiger partial charge in [-0.2, -0.15) is 0 Å². The fourth-order valence-electron chi connectivity index (χ4n) is 3.42. The Kier molecular flexibility index (Phi) is 6.19. The fraction of sp³-hybridized carbons (Fsp3) is 0.273. The van der Waals surface area contributed by atoms with E-state index in [4.69, 9.17) is 14.2 Å². The van der Waals surface area contributed by atoms with Gasteiger partial charge in [-0.25, -0.2) is 0 Å². The third kappa shape index (κ3) is 3.82. The van der Waals surface area contributed by atoms with E-state index in [1.54, 1.807) is 48.5 Å².